The summed E-state index contributed by atoms with van der Waals surface area (Å²) in [6.45, 7) is 2.09. The van der Waals surface area contributed by atoms with Gasteiger partial charge in [0.05, 0.1) is 12.4 Å². The van der Waals surface area contributed by atoms with Crippen LogP contribution in [0.5, 0.6) is 0 Å². The molecule has 0 aliphatic carbocycles. The summed E-state index contributed by atoms with van der Waals surface area (Å²) in [6, 6.07) is 10.7. The Balaban J connectivity index is 0.000000321. The number of aliphatic hydroxyl groups is 1. The maximum absolute atomic E-state index is 9.66. The zero-order valence-corrected chi connectivity index (χ0v) is 10.1. The molecule has 1 rings (SSSR count). The first kappa shape index (κ1) is 16.1. The van der Waals surface area contributed by atoms with E-state index in [1.54, 1.807) is 0 Å². The standard InChI is InChI=1S/C8H11N.C4H6O5/c1-7(9)8-5-3-2-4-6-8;5-2(4(8)9)1-3(6)7/h2-7H,9H2,1H3;2,5H,1H2,(H,6,7)(H,8,9)/t7-;2-/m10/s1. The number of aliphatic carboxylic acids is 2. The zero-order valence-electron chi connectivity index (χ0n) is 10.1. The van der Waals surface area contributed by atoms with Crippen molar-refractivity contribution in [2.45, 2.75) is 25.5 Å². The first-order chi connectivity index (χ1) is 8.34. The molecule has 5 N–H and O–H groups in total. The quantitative estimate of drug-likeness (QED) is 0.607. The van der Waals surface area contributed by atoms with Gasteiger partial charge in [0, 0.05) is 5.56 Å². The Bertz CT molecular complexity index is 377. The van der Waals surface area contributed by atoms with Crippen LogP contribution in [0.2, 0.25) is 0 Å². The lowest BCUT2D eigenvalue weighted by molar-refractivity contribution is -0.420. The summed E-state index contributed by atoms with van der Waals surface area (Å²) in [7, 11) is 0. The van der Waals surface area contributed by atoms with Gasteiger partial charge in [-0.2, -0.15) is 0 Å². The molecular weight excluding hydrogens is 238 g/mol. The van der Waals surface area contributed by atoms with E-state index < -0.39 is 24.5 Å². The Hall–Kier alpha value is -1.92. The van der Waals surface area contributed by atoms with Gasteiger partial charge < -0.3 is 25.8 Å². The highest BCUT2D eigenvalue weighted by Gasteiger charge is 2.08. The molecule has 6 nitrogen and oxygen atoms in total. The smallest absolute Gasteiger partial charge is 0.306 e. The third-order valence-electron chi connectivity index (χ3n) is 2.01. The molecule has 2 atom stereocenters. The fraction of sp³-hybridized carbons (Fsp3) is 0.333. The number of benzene rings is 1. The fourth-order valence-corrected chi connectivity index (χ4v) is 1.03. The van der Waals surface area contributed by atoms with E-state index in [1.165, 1.54) is 5.56 Å². The number of hydrogen-bond acceptors (Lipinski definition) is 4. The van der Waals surface area contributed by atoms with E-state index in [9.17, 15) is 14.7 Å². The molecule has 0 radical (unpaired) electrons. The molecule has 0 heterocycles. The van der Waals surface area contributed by atoms with Crippen molar-refractivity contribution in [2.24, 2.45) is 0 Å². The Kier molecular flexibility index (Phi) is 7.34. The number of carbonyl (C=O) groups excluding carboxylic acids is 1. The van der Waals surface area contributed by atoms with Crippen molar-refractivity contribution >= 4 is 11.9 Å². The predicted molar refractivity (Wildman–Crippen MR) is 61.0 cm³/mol. The van der Waals surface area contributed by atoms with Gasteiger partial charge in [-0.15, -0.1) is 0 Å². The second kappa shape index (κ2) is 8.21. The van der Waals surface area contributed by atoms with Crippen LogP contribution >= 0.6 is 0 Å². The van der Waals surface area contributed by atoms with E-state index in [2.05, 4.69) is 24.8 Å². The monoisotopic (exact) mass is 255 g/mol. The molecule has 0 aromatic heterocycles. The van der Waals surface area contributed by atoms with Gasteiger partial charge in [0.25, 0.3) is 0 Å². The van der Waals surface area contributed by atoms with Crippen LogP contribution in [0.1, 0.15) is 24.9 Å². The maximum Gasteiger partial charge on any atom is 0.306 e. The molecule has 1 aromatic carbocycles. The van der Waals surface area contributed by atoms with Gasteiger partial charge >= 0.3 is 5.97 Å². The highest BCUT2D eigenvalue weighted by atomic mass is 16.4. The van der Waals surface area contributed by atoms with Crippen molar-refractivity contribution < 1.29 is 30.6 Å². The van der Waals surface area contributed by atoms with Crippen LogP contribution in [0, 0.1) is 0 Å². The average molecular weight is 255 g/mol. The summed E-state index contributed by atoms with van der Waals surface area (Å²) in [4.78, 5) is 19.3. The van der Waals surface area contributed by atoms with Crippen molar-refractivity contribution in [3.05, 3.63) is 35.9 Å². The summed E-state index contributed by atoms with van der Waals surface area (Å²) in [5, 5.41) is 25.7. The third-order valence-corrected chi connectivity index (χ3v) is 2.01. The van der Waals surface area contributed by atoms with Crippen LogP contribution in [0.25, 0.3) is 0 Å². The lowest BCUT2D eigenvalue weighted by Gasteiger charge is -2.06. The largest absolute Gasteiger partial charge is 0.547 e. The van der Waals surface area contributed by atoms with Crippen molar-refractivity contribution in [3.63, 3.8) is 0 Å². The van der Waals surface area contributed by atoms with E-state index in [1.807, 2.05) is 18.2 Å². The van der Waals surface area contributed by atoms with Gasteiger partial charge in [-0.25, -0.2) is 0 Å². The van der Waals surface area contributed by atoms with Crippen LogP contribution in [-0.4, -0.2) is 28.3 Å². The van der Waals surface area contributed by atoms with Crippen LogP contribution in [0.15, 0.2) is 30.3 Å². The maximum atomic E-state index is 9.66. The van der Waals surface area contributed by atoms with Crippen molar-refractivity contribution in [3.8, 4) is 0 Å². The molecular formula is C12H17NO5. The zero-order chi connectivity index (χ0) is 14.1. The number of hydrogen-bond donors (Lipinski definition) is 3. The number of rotatable bonds is 4. The van der Waals surface area contributed by atoms with Crippen LogP contribution in [-0.2, 0) is 9.59 Å². The molecule has 1 aromatic rings. The van der Waals surface area contributed by atoms with Gasteiger partial charge in [-0.1, -0.05) is 30.3 Å². The van der Waals surface area contributed by atoms with Gasteiger partial charge in [0.1, 0.15) is 12.1 Å². The van der Waals surface area contributed by atoms with Gasteiger partial charge in [0.2, 0.25) is 0 Å². The normalized spacial score (nSPS) is 12.8. The SMILES string of the molecule is C[C@@H]([NH3+])c1ccccc1.O=C(O)C[C@H](O)C(=O)[O-]. The molecule has 0 saturated carbocycles. The Morgan fingerprint density at radius 1 is 1.33 bits per heavy atom. The number of carbonyl (C=O) groups is 2. The minimum atomic E-state index is -1.90. The fourth-order valence-electron chi connectivity index (χ4n) is 1.03. The molecule has 100 valence electrons. The summed E-state index contributed by atoms with van der Waals surface area (Å²) >= 11 is 0. The average Bonchev–Trinajstić information content (AvgIpc) is 2.30. The molecule has 6 heteroatoms. The molecule has 0 bridgehead atoms. The van der Waals surface area contributed by atoms with Crippen LogP contribution < -0.4 is 10.8 Å². The molecule has 0 aliphatic rings. The van der Waals surface area contributed by atoms with Crippen molar-refractivity contribution in [1.82, 2.24) is 0 Å². The molecule has 0 fully saturated rings. The van der Waals surface area contributed by atoms with E-state index >= 15 is 0 Å². The third kappa shape index (κ3) is 7.37. The molecule has 0 spiro atoms. The number of aliphatic hydroxyl groups excluding tert-OH is 1. The minimum absolute atomic E-state index is 0.409. The Morgan fingerprint density at radius 2 is 1.83 bits per heavy atom. The second-order valence-electron chi connectivity index (χ2n) is 3.74. The van der Waals surface area contributed by atoms with E-state index in [0.717, 1.165) is 0 Å². The number of carboxylic acids is 2. The van der Waals surface area contributed by atoms with E-state index in [-0.39, 0.29) is 0 Å². The highest BCUT2D eigenvalue weighted by molar-refractivity contribution is 5.77. The lowest BCUT2D eigenvalue weighted by atomic mass is 10.1. The van der Waals surface area contributed by atoms with Crippen LogP contribution in [0.3, 0.4) is 0 Å². The van der Waals surface area contributed by atoms with E-state index in [4.69, 9.17) is 10.2 Å². The predicted octanol–water partition coefficient (Wildman–Crippen LogP) is -1.44. The highest BCUT2D eigenvalue weighted by Crippen LogP contribution is 2.04. The van der Waals surface area contributed by atoms with Crippen LogP contribution in [0.4, 0.5) is 0 Å². The number of quaternary nitrogens is 1. The molecule has 0 amide bonds. The number of carboxylic acid groups (broad SMARTS) is 2. The van der Waals surface area contributed by atoms with E-state index in [0.29, 0.717) is 6.04 Å². The Labute approximate surface area is 105 Å². The summed E-state index contributed by atoms with van der Waals surface area (Å²) < 4.78 is 0. The molecule has 0 aliphatic heterocycles. The summed E-state index contributed by atoms with van der Waals surface area (Å²) in [5.74, 6) is -3.14. The molecule has 18 heavy (non-hydrogen) atoms. The van der Waals surface area contributed by atoms with Gasteiger partial charge in [-0.05, 0) is 6.92 Å². The van der Waals surface area contributed by atoms with Crippen molar-refractivity contribution in [1.29, 1.82) is 0 Å². The first-order valence-electron chi connectivity index (χ1n) is 5.33. The first-order valence-corrected chi connectivity index (χ1v) is 5.33. The second-order valence-corrected chi connectivity index (χ2v) is 3.74. The summed E-state index contributed by atoms with van der Waals surface area (Å²) in [5.41, 5.74) is 5.21. The lowest BCUT2D eigenvalue weighted by Crippen LogP contribution is -2.51. The molecule has 0 unspecified atom stereocenters. The molecule has 0 saturated heterocycles. The topological polar surface area (TPSA) is 125 Å². The van der Waals surface area contributed by atoms with Gasteiger partial charge in [0.15, 0.2) is 0 Å². The van der Waals surface area contributed by atoms with Crippen molar-refractivity contribution in [2.75, 3.05) is 0 Å². The van der Waals surface area contributed by atoms with Gasteiger partial charge in [-0.3, -0.25) is 4.79 Å². The minimum Gasteiger partial charge on any atom is -0.547 e. The Morgan fingerprint density at radius 3 is 2.06 bits per heavy atom. The summed E-state index contributed by atoms with van der Waals surface area (Å²) in [6.07, 6.45) is -2.72.